The number of carbonyl (C=O) groups is 1. The molecule has 0 fully saturated rings. The van der Waals surface area contributed by atoms with E-state index >= 15 is 0 Å². The monoisotopic (exact) mass is 260 g/mol. The van der Waals surface area contributed by atoms with Gasteiger partial charge in [-0.15, -0.1) is 0 Å². The molecule has 96 valence electrons. The van der Waals surface area contributed by atoms with Gasteiger partial charge in [0.05, 0.1) is 5.56 Å². The van der Waals surface area contributed by atoms with Crippen LogP contribution < -0.4 is 0 Å². The maximum atomic E-state index is 13.3. The van der Waals surface area contributed by atoms with Crippen molar-refractivity contribution in [1.82, 2.24) is 0 Å². The summed E-state index contributed by atoms with van der Waals surface area (Å²) in [4.78, 5) is 11.7. The number of halogens is 2. The molecular weight excluding hydrogens is 250 g/mol. The van der Waals surface area contributed by atoms with Gasteiger partial charge in [0, 0.05) is 0 Å². The van der Waals surface area contributed by atoms with E-state index in [0.717, 1.165) is 24.3 Å². The standard InChI is InChI=1S/C15H10F2O2/c16-11-5-6-14(17)13(9-11)15(19)7-4-10-2-1-3-12(18)8-10/h1-9,18H. The van der Waals surface area contributed by atoms with Gasteiger partial charge >= 0.3 is 0 Å². The number of hydrogen-bond acceptors (Lipinski definition) is 2. The van der Waals surface area contributed by atoms with Crippen molar-refractivity contribution in [2.75, 3.05) is 0 Å². The number of allylic oxidation sites excluding steroid dienone is 1. The molecule has 0 spiro atoms. The highest BCUT2D eigenvalue weighted by Crippen LogP contribution is 2.14. The summed E-state index contributed by atoms with van der Waals surface area (Å²) in [5.74, 6) is -2.02. The Morgan fingerprint density at radius 3 is 2.63 bits per heavy atom. The van der Waals surface area contributed by atoms with Crippen LogP contribution in [0.25, 0.3) is 6.08 Å². The van der Waals surface area contributed by atoms with Crippen LogP contribution in [-0.2, 0) is 0 Å². The fourth-order valence-corrected chi connectivity index (χ4v) is 1.58. The van der Waals surface area contributed by atoms with Crippen LogP contribution in [0, 0.1) is 11.6 Å². The second kappa shape index (κ2) is 5.44. The fraction of sp³-hybridized carbons (Fsp3) is 0. The molecule has 2 nitrogen and oxygen atoms in total. The summed E-state index contributed by atoms with van der Waals surface area (Å²) in [6.07, 6.45) is 2.55. The van der Waals surface area contributed by atoms with Crippen LogP contribution in [0.15, 0.2) is 48.5 Å². The molecule has 0 bridgehead atoms. The van der Waals surface area contributed by atoms with Gasteiger partial charge in [-0.05, 0) is 42.0 Å². The third-order valence-corrected chi connectivity index (χ3v) is 2.49. The number of rotatable bonds is 3. The zero-order chi connectivity index (χ0) is 13.8. The molecule has 2 rings (SSSR count). The number of carbonyl (C=O) groups excluding carboxylic acids is 1. The van der Waals surface area contributed by atoms with Gasteiger partial charge in [0.1, 0.15) is 17.4 Å². The number of phenols is 1. The molecule has 0 unspecified atom stereocenters. The predicted molar refractivity (Wildman–Crippen MR) is 67.8 cm³/mol. The Bertz CT molecular complexity index is 648. The highest BCUT2D eigenvalue weighted by Gasteiger charge is 2.09. The summed E-state index contributed by atoms with van der Waals surface area (Å²) in [5, 5.41) is 9.25. The minimum absolute atomic E-state index is 0.0616. The second-order valence-corrected chi connectivity index (χ2v) is 3.92. The minimum atomic E-state index is -0.771. The zero-order valence-electron chi connectivity index (χ0n) is 9.81. The van der Waals surface area contributed by atoms with Crippen molar-refractivity contribution in [1.29, 1.82) is 0 Å². The lowest BCUT2D eigenvalue weighted by Crippen LogP contribution is -1.99. The summed E-state index contributed by atoms with van der Waals surface area (Å²) >= 11 is 0. The van der Waals surface area contributed by atoms with Crippen molar-refractivity contribution in [3.05, 3.63) is 71.3 Å². The average molecular weight is 260 g/mol. The molecule has 0 saturated heterocycles. The maximum absolute atomic E-state index is 13.3. The van der Waals surface area contributed by atoms with E-state index in [4.69, 9.17) is 0 Å². The molecule has 1 N–H and O–H groups in total. The molecule has 4 heteroatoms. The molecule has 0 atom stereocenters. The third kappa shape index (κ3) is 3.25. The maximum Gasteiger partial charge on any atom is 0.188 e. The van der Waals surface area contributed by atoms with E-state index in [1.165, 1.54) is 18.2 Å². The third-order valence-electron chi connectivity index (χ3n) is 2.49. The van der Waals surface area contributed by atoms with Crippen LogP contribution in [0.2, 0.25) is 0 Å². The van der Waals surface area contributed by atoms with Crippen LogP contribution in [0.3, 0.4) is 0 Å². The van der Waals surface area contributed by atoms with Crippen molar-refractivity contribution in [3.63, 3.8) is 0 Å². The van der Waals surface area contributed by atoms with Crippen molar-refractivity contribution in [2.24, 2.45) is 0 Å². The molecule has 0 aliphatic rings. The van der Waals surface area contributed by atoms with Gasteiger partial charge in [-0.1, -0.05) is 18.2 Å². The lowest BCUT2D eigenvalue weighted by atomic mass is 10.1. The molecule has 0 aromatic heterocycles. The molecule has 2 aromatic rings. The number of aromatic hydroxyl groups is 1. The van der Waals surface area contributed by atoms with Gasteiger partial charge in [0.15, 0.2) is 5.78 Å². The van der Waals surface area contributed by atoms with Crippen LogP contribution in [0.1, 0.15) is 15.9 Å². The lowest BCUT2D eigenvalue weighted by Gasteiger charge is -1.99. The summed E-state index contributed by atoms with van der Waals surface area (Å²) in [7, 11) is 0. The number of benzene rings is 2. The van der Waals surface area contributed by atoms with Crippen molar-refractivity contribution < 1.29 is 18.7 Å². The molecular formula is C15H10F2O2. The summed E-state index contributed by atoms with van der Waals surface area (Å²) in [6.45, 7) is 0. The van der Waals surface area contributed by atoms with E-state index in [-0.39, 0.29) is 11.3 Å². The number of hydrogen-bond donors (Lipinski definition) is 1. The Morgan fingerprint density at radius 1 is 1.11 bits per heavy atom. The van der Waals surface area contributed by atoms with E-state index in [1.54, 1.807) is 12.1 Å². The minimum Gasteiger partial charge on any atom is -0.508 e. The normalized spacial score (nSPS) is 10.8. The molecule has 2 aromatic carbocycles. The average Bonchev–Trinajstić information content (AvgIpc) is 2.39. The molecule has 0 aliphatic carbocycles. The molecule has 0 heterocycles. The van der Waals surface area contributed by atoms with E-state index in [1.807, 2.05) is 0 Å². The van der Waals surface area contributed by atoms with Gasteiger partial charge in [-0.3, -0.25) is 4.79 Å². The number of ketones is 1. The van der Waals surface area contributed by atoms with Crippen molar-refractivity contribution >= 4 is 11.9 Å². The first-order valence-corrected chi connectivity index (χ1v) is 5.53. The van der Waals surface area contributed by atoms with Crippen LogP contribution in [-0.4, -0.2) is 10.9 Å². The first-order chi connectivity index (χ1) is 9.06. The van der Waals surface area contributed by atoms with Crippen LogP contribution in [0.4, 0.5) is 8.78 Å². The Morgan fingerprint density at radius 2 is 1.89 bits per heavy atom. The summed E-state index contributed by atoms with van der Waals surface area (Å²) < 4.78 is 26.3. The molecule has 0 amide bonds. The first kappa shape index (κ1) is 13.0. The highest BCUT2D eigenvalue weighted by atomic mass is 19.1. The quantitative estimate of drug-likeness (QED) is 0.676. The lowest BCUT2D eigenvalue weighted by molar-refractivity contribution is 0.104. The molecule has 19 heavy (non-hydrogen) atoms. The van der Waals surface area contributed by atoms with Gasteiger partial charge in [0.25, 0.3) is 0 Å². The van der Waals surface area contributed by atoms with E-state index in [9.17, 15) is 18.7 Å². The molecule has 0 radical (unpaired) electrons. The van der Waals surface area contributed by atoms with E-state index in [2.05, 4.69) is 0 Å². The molecule has 0 aliphatic heterocycles. The smallest absolute Gasteiger partial charge is 0.188 e. The van der Waals surface area contributed by atoms with Gasteiger partial charge in [-0.2, -0.15) is 0 Å². The Labute approximate surface area is 108 Å². The second-order valence-electron chi connectivity index (χ2n) is 3.92. The topological polar surface area (TPSA) is 37.3 Å². The van der Waals surface area contributed by atoms with Gasteiger partial charge in [0.2, 0.25) is 0 Å². The van der Waals surface area contributed by atoms with Gasteiger partial charge < -0.3 is 5.11 Å². The van der Waals surface area contributed by atoms with E-state index in [0.29, 0.717) is 5.56 Å². The SMILES string of the molecule is O=C(C=Cc1cccc(O)c1)c1cc(F)ccc1F. The highest BCUT2D eigenvalue weighted by molar-refractivity contribution is 6.07. The predicted octanol–water partition coefficient (Wildman–Crippen LogP) is 3.57. The van der Waals surface area contributed by atoms with Crippen LogP contribution in [0.5, 0.6) is 5.75 Å². The summed E-state index contributed by atoms with van der Waals surface area (Å²) in [6, 6.07) is 8.94. The fourth-order valence-electron chi connectivity index (χ4n) is 1.58. The Balaban J connectivity index is 2.23. The van der Waals surface area contributed by atoms with Crippen molar-refractivity contribution in [3.8, 4) is 5.75 Å². The largest absolute Gasteiger partial charge is 0.508 e. The molecule has 0 saturated carbocycles. The summed E-state index contributed by atoms with van der Waals surface area (Å²) in [5.41, 5.74) is 0.265. The van der Waals surface area contributed by atoms with E-state index < -0.39 is 17.4 Å². The number of phenolic OH excluding ortho intramolecular Hbond substituents is 1. The first-order valence-electron chi connectivity index (χ1n) is 5.53. The Kier molecular flexibility index (Phi) is 3.71. The van der Waals surface area contributed by atoms with Crippen LogP contribution >= 0.6 is 0 Å². The van der Waals surface area contributed by atoms with Gasteiger partial charge in [-0.25, -0.2) is 8.78 Å². The Hall–Kier alpha value is -2.49. The zero-order valence-corrected chi connectivity index (χ0v) is 9.81. The van der Waals surface area contributed by atoms with Crippen molar-refractivity contribution in [2.45, 2.75) is 0 Å².